The highest BCUT2D eigenvalue weighted by Gasteiger charge is 2.29. The van der Waals surface area contributed by atoms with Gasteiger partial charge in [-0.15, -0.1) is 0 Å². The lowest BCUT2D eigenvalue weighted by atomic mass is 10.2. The van der Waals surface area contributed by atoms with Gasteiger partial charge >= 0.3 is 5.69 Å². The number of hydrogen-bond donors (Lipinski definition) is 3. The van der Waals surface area contributed by atoms with Gasteiger partial charge in [0.2, 0.25) is 5.91 Å². The minimum absolute atomic E-state index is 0.103. The van der Waals surface area contributed by atoms with Crippen molar-refractivity contribution >= 4 is 22.6 Å². The van der Waals surface area contributed by atoms with Gasteiger partial charge in [-0.3, -0.25) is 4.79 Å². The molecule has 6 heteroatoms. The van der Waals surface area contributed by atoms with Crippen LogP contribution in [0.3, 0.4) is 0 Å². The molecule has 2 heterocycles. The van der Waals surface area contributed by atoms with E-state index in [-0.39, 0.29) is 17.6 Å². The lowest BCUT2D eigenvalue weighted by Crippen LogP contribution is -2.30. The molecule has 6 nitrogen and oxygen atoms in total. The van der Waals surface area contributed by atoms with Gasteiger partial charge < -0.3 is 20.2 Å². The number of aromatic amines is 2. The van der Waals surface area contributed by atoms with Crippen molar-refractivity contribution in [3.63, 3.8) is 0 Å². The van der Waals surface area contributed by atoms with Gasteiger partial charge in [0.25, 0.3) is 0 Å². The summed E-state index contributed by atoms with van der Waals surface area (Å²) in [5.41, 5.74) is 2.06. The quantitative estimate of drug-likeness (QED) is 0.707. The molecule has 1 saturated heterocycles. The van der Waals surface area contributed by atoms with Crippen molar-refractivity contribution in [2.75, 3.05) is 18.5 Å². The smallest absolute Gasteiger partial charge is 0.315 e. The topological polar surface area (TPSA) is 81.0 Å². The number of amides is 1. The Balaban J connectivity index is 1.99. The molecule has 18 heavy (non-hydrogen) atoms. The van der Waals surface area contributed by atoms with E-state index in [2.05, 4.69) is 15.3 Å². The molecule has 1 aliphatic heterocycles. The van der Waals surface area contributed by atoms with Crippen LogP contribution >= 0.6 is 0 Å². The maximum atomic E-state index is 11.9. The molecule has 1 atom stereocenters. The minimum Gasteiger partial charge on any atom is -0.315 e. The van der Waals surface area contributed by atoms with Gasteiger partial charge in [0.05, 0.1) is 11.0 Å². The fourth-order valence-corrected chi connectivity index (χ4v) is 2.34. The Hall–Kier alpha value is -2.08. The molecule has 0 bridgehead atoms. The second-order valence-electron chi connectivity index (χ2n) is 4.50. The van der Waals surface area contributed by atoms with Crippen molar-refractivity contribution in [1.29, 1.82) is 0 Å². The first kappa shape index (κ1) is 11.0. The largest absolute Gasteiger partial charge is 0.323 e. The summed E-state index contributed by atoms with van der Waals surface area (Å²) in [6, 6.07) is 5.67. The molecule has 1 unspecified atom stereocenters. The highest BCUT2D eigenvalue weighted by molar-refractivity contribution is 5.97. The second-order valence-corrected chi connectivity index (χ2v) is 4.50. The van der Waals surface area contributed by atoms with E-state index in [1.807, 2.05) is 25.2 Å². The summed E-state index contributed by atoms with van der Waals surface area (Å²) in [6.07, 6.45) is 0.512. The third kappa shape index (κ3) is 1.70. The van der Waals surface area contributed by atoms with Crippen LogP contribution in [0.25, 0.3) is 11.0 Å². The van der Waals surface area contributed by atoms with Crippen molar-refractivity contribution in [3.8, 4) is 0 Å². The minimum atomic E-state index is -0.233. The van der Waals surface area contributed by atoms with Crippen molar-refractivity contribution in [2.45, 2.75) is 12.5 Å². The first-order chi connectivity index (χ1) is 8.67. The van der Waals surface area contributed by atoms with Crippen LogP contribution in [0.15, 0.2) is 23.0 Å². The molecule has 1 fully saturated rings. The van der Waals surface area contributed by atoms with Gasteiger partial charge in [-0.05, 0) is 25.2 Å². The van der Waals surface area contributed by atoms with Crippen molar-refractivity contribution in [2.24, 2.45) is 0 Å². The zero-order valence-electron chi connectivity index (χ0n) is 9.99. The standard InChI is InChI=1S/C12H14N4O2/c1-13-7-4-11(17)16(6-7)8-2-3-9-10(5-8)15-12(18)14-9/h2-3,5,7,13H,4,6H2,1H3,(H2,14,15,18). The van der Waals surface area contributed by atoms with Crippen molar-refractivity contribution in [1.82, 2.24) is 15.3 Å². The number of hydrogen-bond acceptors (Lipinski definition) is 3. The number of aromatic nitrogens is 2. The average molecular weight is 246 g/mol. The summed E-state index contributed by atoms with van der Waals surface area (Å²) in [6.45, 7) is 0.662. The van der Waals surface area contributed by atoms with Gasteiger partial charge in [0.15, 0.2) is 0 Å². The third-order valence-electron chi connectivity index (χ3n) is 3.34. The fraction of sp³-hybridized carbons (Fsp3) is 0.333. The Kier molecular flexibility index (Phi) is 2.45. The van der Waals surface area contributed by atoms with E-state index in [0.717, 1.165) is 16.7 Å². The number of rotatable bonds is 2. The zero-order chi connectivity index (χ0) is 12.7. The molecule has 94 valence electrons. The Morgan fingerprint density at radius 3 is 2.78 bits per heavy atom. The number of carbonyl (C=O) groups excluding carboxylic acids is 1. The Morgan fingerprint density at radius 1 is 1.28 bits per heavy atom. The zero-order valence-corrected chi connectivity index (χ0v) is 9.99. The molecule has 0 spiro atoms. The fourth-order valence-electron chi connectivity index (χ4n) is 2.34. The van der Waals surface area contributed by atoms with Gasteiger partial charge in [-0.1, -0.05) is 0 Å². The first-order valence-corrected chi connectivity index (χ1v) is 5.87. The number of imidazole rings is 1. The molecule has 2 aromatic rings. The van der Waals surface area contributed by atoms with E-state index in [0.29, 0.717) is 13.0 Å². The molecule has 1 aromatic carbocycles. The molecule has 1 aromatic heterocycles. The molecule has 0 aliphatic carbocycles. The SMILES string of the molecule is CNC1CC(=O)N(c2ccc3[nH]c(=O)[nH]c3c2)C1. The predicted molar refractivity (Wildman–Crippen MR) is 68.7 cm³/mol. The number of carbonyl (C=O) groups is 1. The Labute approximate surface area is 103 Å². The van der Waals surface area contributed by atoms with Crippen molar-refractivity contribution in [3.05, 3.63) is 28.7 Å². The highest BCUT2D eigenvalue weighted by atomic mass is 16.2. The van der Waals surface area contributed by atoms with E-state index >= 15 is 0 Å². The summed E-state index contributed by atoms with van der Waals surface area (Å²) in [5.74, 6) is 0.103. The highest BCUT2D eigenvalue weighted by Crippen LogP contribution is 2.23. The van der Waals surface area contributed by atoms with E-state index in [1.54, 1.807) is 4.90 Å². The van der Waals surface area contributed by atoms with Crippen LogP contribution in [-0.2, 0) is 4.79 Å². The van der Waals surface area contributed by atoms with Crippen LogP contribution < -0.4 is 15.9 Å². The van der Waals surface area contributed by atoms with Gasteiger partial charge in [0, 0.05) is 24.7 Å². The van der Waals surface area contributed by atoms with Crippen LogP contribution in [0.4, 0.5) is 5.69 Å². The monoisotopic (exact) mass is 246 g/mol. The first-order valence-electron chi connectivity index (χ1n) is 5.87. The molecule has 3 N–H and O–H groups in total. The summed E-state index contributed by atoms with van der Waals surface area (Å²) in [5, 5.41) is 3.11. The van der Waals surface area contributed by atoms with Crippen molar-refractivity contribution < 1.29 is 4.79 Å². The van der Waals surface area contributed by atoms with Gasteiger partial charge in [0.1, 0.15) is 0 Å². The third-order valence-corrected chi connectivity index (χ3v) is 3.34. The lowest BCUT2D eigenvalue weighted by molar-refractivity contribution is -0.117. The number of nitrogens with one attached hydrogen (secondary N) is 3. The molecule has 0 radical (unpaired) electrons. The summed E-state index contributed by atoms with van der Waals surface area (Å²) in [4.78, 5) is 30.2. The number of likely N-dealkylation sites (N-methyl/N-ethyl adjacent to an activating group) is 1. The normalized spacial score (nSPS) is 19.9. The molecular weight excluding hydrogens is 232 g/mol. The van der Waals surface area contributed by atoms with Crippen LogP contribution in [0, 0.1) is 0 Å². The maximum Gasteiger partial charge on any atom is 0.323 e. The van der Waals surface area contributed by atoms with E-state index in [1.165, 1.54) is 0 Å². The predicted octanol–water partition coefficient (Wildman–Crippen LogP) is 0.181. The lowest BCUT2D eigenvalue weighted by Gasteiger charge is -2.16. The Bertz CT molecular complexity index is 657. The van der Waals surface area contributed by atoms with E-state index in [4.69, 9.17) is 0 Å². The average Bonchev–Trinajstić information content (AvgIpc) is 2.89. The Morgan fingerprint density at radius 2 is 2.06 bits per heavy atom. The number of H-pyrrole nitrogens is 2. The van der Waals surface area contributed by atoms with E-state index in [9.17, 15) is 9.59 Å². The summed E-state index contributed by atoms with van der Waals surface area (Å²) < 4.78 is 0. The molecule has 1 aliphatic rings. The van der Waals surface area contributed by atoms with Gasteiger partial charge in [-0.25, -0.2) is 4.79 Å². The van der Waals surface area contributed by atoms with E-state index < -0.39 is 0 Å². The van der Waals surface area contributed by atoms with Crippen LogP contribution in [0.1, 0.15) is 6.42 Å². The molecule has 0 saturated carbocycles. The van der Waals surface area contributed by atoms with Crippen LogP contribution in [-0.4, -0.2) is 35.5 Å². The van der Waals surface area contributed by atoms with Crippen LogP contribution in [0.2, 0.25) is 0 Å². The molecular formula is C12H14N4O2. The number of anilines is 1. The second kappa shape index (κ2) is 3.99. The number of benzene rings is 1. The van der Waals surface area contributed by atoms with Crippen LogP contribution in [0.5, 0.6) is 0 Å². The van der Waals surface area contributed by atoms with Gasteiger partial charge in [-0.2, -0.15) is 0 Å². The number of nitrogens with zero attached hydrogens (tertiary/aromatic N) is 1. The summed E-state index contributed by atoms with van der Waals surface area (Å²) >= 11 is 0. The molecule has 3 rings (SSSR count). The molecule has 1 amide bonds. The summed E-state index contributed by atoms with van der Waals surface area (Å²) in [7, 11) is 1.86. The maximum absolute atomic E-state index is 11.9. The number of fused-ring (bicyclic) bond motifs is 1.